The molecule has 0 amide bonds. The van der Waals surface area contributed by atoms with Crippen LogP contribution in [0, 0.1) is 0 Å². The molecule has 0 radical (unpaired) electrons. The van der Waals surface area contributed by atoms with E-state index in [0.717, 1.165) is 17.7 Å². The van der Waals surface area contributed by atoms with E-state index in [0.29, 0.717) is 36.7 Å². The highest BCUT2D eigenvalue weighted by Crippen LogP contribution is 2.37. The first-order chi connectivity index (χ1) is 18.7. The molecule has 2 N–H and O–H groups in total. The van der Waals surface area contributed by atoms with Crippen LogP contribution in [0.15, 0.2) is 21.7 Å². The number of ether oxygens (including phenoxy) is 3. The predicted octanol–water partition coefficient (Wildman–Crippen LogP) is -0.482. The van der Waals surface area contributed by atoms with Crippen LogP contribution < -0.4 is 25.6 Å². The molecule has 14 heteroatoms. The summed E-state index contributed by atoms with van der Waals surface area (Å²) in [5, 5.41) is 19.3. The van der Waals surface area contributed by atoms with Crippen LogP contribution >= 0.6 is 0 Å². The van der Waals surface area contributed by atoms with Gasteiger partial charge in [-0.3, -0.25) is 18.8 Å². The van der Waals surface area contributed by atoms with Crippen molar-refractivity contribution in [2.24, 2.45) is 14.1 Å². The van der Waals surface area contributed by atoms with Crippen LogP contribution in [-0.4, -0.2) is 99.9 Å². The predicted molar refractivity (Wildman–Crippen MR) is 142 cm³/mol. The number of piperazine rings is 1. The zero-order valence-electron chi connectivity index (χ0n) is 22.5. The summed E-state index contributed by atoms with van der Waals surface area (Å²) in [5.41, 5.74) is -0.302. The minimum absolute atomic E-state index is 0.0340. The van der Waals surface area contributed by atoms with Crippen molar-refractivity contribution in [3.05, 3.63) is 38.5 Å². The molecule has 1 fully saturated rings. The molecule has 4 rings (SSSR count). The van der Waals surface area contributed by atoms with Gasteiger partial charge in [-0.2, -0.15) is 4.98 Å². The highest BCUT2D eigenvalue weighted by Gasteiger charge is 2.24. The normalized spacial score (nSPS) is 14.1. The van der Waals surface area contributed by atoms with Gasteiger partial charge in [-0.1, -0.05) is 0 Å². The van der Waals surface area contributed by atoms with E-state index >= 15 is 0 Å². The lowest BCUT2D eigenvalue weighted by Gasteiger charge is -2.34. The van der Waals surface area contributed by atoms with Gasteiger partial charge < -0.3 is 33.9 Å². The maximum Gasteiger partial charge on any atom is 0.338 e. The fraction of sp³-hybridized carbons (Fsp3) is 0.520. The van der Waals surface area contributed by atoms with Gasteiger partial charge in [0, 0.05) is 53.4 Å². The number of nitrogens with zero attached hydrogens (tertiary/aromatic N) is 6. The standard InChI is InChI=1S/C25H34N6O8/c1-27-19-21(26-24(27)30-9-7-29(8-10-30)11-12-32)28(2)25(36)31(22(19)34)6-5-13-39-23(35)16-14-17(33)20(38-4)18(15-16)37-3/h14-15,32-33H,5-13H2,1-4H3. The van der Waals surface area contributed by atoms with Gasteiger partial charge in [-0.05, 0) is 18.6 Å². The molecule has 39 heavy (non-hydrogen) atoms. The number of aliphatic hydroxyl groups excluding tert-OH is 1. The summed E-state index contributed by atoms with van der Waals surface area (Å²) in [7, 11) is 6.07. The van der Waals surface area contributed by atoms with Crippen molar-refractivity contribution < 1.29 is 29.2 Å². The van der Waals surface area contributed by atoms with Gasteiger partial charge in [0.05, 0.1) is 33.0 Å². The molecule has 0 atom stereocenters. The summed E-state index contributed by atoms with van der Waals surface area (Å²) in [6, 6.07) is 2.60. The monoisotopic (exact) mass is 546 g/mol. The second kappa shape index (κ2) is 11.8. The molecule has 2 aromatic heterocycles. The minimum Gasteiger partial charge on any atom is -0.504 e. The Bertz CT molecular complexity index is 1470. The van der Waals surface area contributed by atoms with E-state index in [9.17, 15) is 24.6 Å². The molecular formula is C25H34N6O8. The van der Waals surface area contributed by atoms with E-state index < -0.39 is 17.2 Å². The first-order valence-electron chi connectivity index (χ1n) is 12.6. The Balaban J connectivity index is 1.47. The topological polar surface area (TPSA) is 154 Å². The molecule has 1 saturated heterocycles. The lowest BCUT2D eigenvalue weighted by Crippen LogP contribution is -2.48. The van der Waals surface area contributed by atoms with Gasteiger partial charge in [0.25, 0.3) is 5.56 Å². The fourth-order valence-electron chi connectivity index (χ4n) is 4.76. The van der Waals surface area contributed by atoms with Crippen LogP contribution in [0.25, 0.3) is 11.2 Å². The lowest BCUT2D eigenvalue weighted by atomic mass is 10.2. The molecule has 1 aliphatic rings. The Kier molecular flexibility index (Phi) is 8.45. The quantitative estimate of drug-likeness (QED) is 0.250. The molecule has 3 aromatic rings. The number of esters is 1. The Morgan fingerprint density at radius 2 is 1.74 bits per heavy atom. The van der Waals surface area contributed by atoms with Gasteiger partial charge >= 0.3 is 11.7 Å². The number of imidazole rings is 1. The average Bonchev–Trinajstić information content (AvgIpc) is 3.28. The van der Waals surface area contributed by atoms with Gasteiger partial charge in [0.1, 0.15) is 0 Å². The van der Waals surface area contributed by atoms with Crippen molar-refractivity contribution in [2.45, 2.75) is 13.0 Å². The van der Waals surface area contributed by atoms with Crippen LogP contribution in [0.2, 0.25) is 0 Å². The number of methoxy groups -OCH3 is 2. The van der Waals surface area contributed by atoms with Crippen LogP contribution in [0.4, 0.5) is 5.95 Å². The molecule has 0 spiro atoms. The second-order valence-corrected chi connectivity index (χ2v) is 9.21. The van der Waals surface area contributed by atoms with E-state index in [1.165, 1.54) is 30.9 Å². The second-order valence-electron chi connectivity index (χ2n) is 9.21. The number of carbonyl (C=O) groups excluding carboxylic acids is 1. The zero-order chi connectivity index (χ0) is 28.3. The van der Waals surface area contributed by atoms with Gasteiger partial charge in [0.15, 0.2) is 22.7 Å². The number of aryl methyl sites for hydroxylation is 2. The Morgan fingerprint density at radius 3 is 2.38 bits per heavy atom. The summed E-state index contributed by atoms with van der Waals surface area (Å²) in [6.45, 7) is 3.57. The maximum atomic E-state index is 13.3. The Morgan fingerprint density at radius 1 is 1.03 bits per heavy atom. The highest BCUT2D eigenvalue weighted by molar-refractivity contribution is 5.91. The van der Waals surface area contributed by atoms with Crippen molar-refractivity contribution >= 4 is 23.1 Å². The van der Waals surface area contributed by atoms with Crippen molar-refractivity contribution in [3.63, 3.8) is 0 Å². The summed E-state index contributed by atoms with van der Waals surface area (Å²) in [6.07, 6.45) is 0.211. The first-order valence-corrected chi connectivity index (χ1v) is 12.6. The SMILES string of the molecule is COc1cc(C(=O)OCCCn2c(=O)c3c(nc(N4CCN(CCO)CC4)n3C)n(C)c2=O)cc(O)c1OC. The van der Waals surface area contributed by atoms with Crippen molar-refractivity contribution in [2.75, 3.05) is 65.1 Å². The number of aromatic hydroxyl groups is 1. The molecule has 3 heterocycles. The molecule has 0 aliphatic carbocycles. The molecule has 14 nitrogen and oxygen atoms in total. The summed E-state index contributed by atoms with van der Waals surface area (Å²) >= 11 is 0. The number of carbonyl (C=O) groups is 1. The number of aliphatic hydroxyl groups is 1. The summed E-state index contributed by atoms with van der Waals surface area (Å²) < 4.78 is 19.7. The van der Waals surface area contributed by atoms with E-state index in [4.69, 9.17) is 14.2 Å². The minimum atomic E-state index is -0.697. The number of rotatable bonds is 10. The largest absolute Gasteiger partial charge is 0.504 e. The third-order valence-electron chi connectivity index (χ3n) is 6.86. The number of anilines is 1. The van der Waals surface area contributed by atoms with Crippen LogP contribution in [0.1, 0.15) is 16.8 Å². The fourth-order valence-corrected chi connectivity index (χ4v) is 4.76. The van der Waals surface area contributed by atoms with Gasteiger partial charge in [-0.25, -0.2) is 9.59 Å². The van der Waals surface area contributed by atoms with Crippen molar-refractivity contribution in [3.8, 4) is 17.2 Å². The molecule has 0 bridgehead atoms. The van der Waals surface area contributed by atoms with Gasteiger partial charge in [0.2, 0.25) is 11.7 Å². The maximum absolute atomic E-state index is 13.3. The van der Waals surface area contributed by atoms with Crippen molar-refractivity contribution in [1.82, 2.24) is 23.6 Å². The van der Waals surface area contributed by atoms with Crippen LogP contribution in [0.5, 0.6) is 17.2 Å². The first kappa shape index (κ1) is 28.0. The van der Waals surface area contributed by atoms with E-state index in [1.807, 2.05) is 0 Å². The number of β-amino-alcohol motifs (C(OH)–C–C–N with tert-alkyl or cyclic N) is 1. The number of phenolic OH excluding ortho intramolecular Hbond substituents is 1. The van der Waals surface area contributed by atoms with E-state index in [1.54, 1.807) is 18.7 Å². The third-order valence-corrected chi connectivity index (χ3v) is 6.86. The van der Waals surface area contributed by atoms with Gasteiger partial charge in [-0.15, -0.1) is 0 Å². The number of hydrogen-bond acceptors (Lipinski definition) is 11. The highest BCUT2D eigenvalue weighted by atomic mass is 16.5. The molecular weight excluding hydrogens is 512 g/mol. The number of benzene rings is 1. The lowest BCUT2D eigenvalue weighted by molar-refractivity contribution is 0.0494. The van der Waals surface area contributed by atoms with Crippen LogP contribution in [0.3, 0.4) is 0 Å². The summed E-state index contributed by atoms with van der Waals surface area (Å²) in [5.74, 6) is -0.0880. The van der Waals surface area contributed by atoms with Crippen molar-refractivity contribution in [1.29, 1.82) is 0 Å². The number of aromatic nitrogens is 4. The smallest absolute Gasteiger partial charge is 0.338 e. The summed E-state index contributed by atoms with van der Waals surface area (Å²) in [4.78, 5) is 47.7. The molecule has 1 aromatic carbocycles. The third kappa shape index (κ3) is 5.43. The molecule has 212 valence electrons. The van der Waals surface area contributed by atoms with E-state index in [-0.39, 0.29) is 49.0 Å². The molecule has 1 aliphatic heterocycles. The molecule has 0 saturated carbocycles. The average molecular weight is 547 g/mol. The van der Waals surface area contributed by atoms with E-state index in [2.05, 4.69) is 14.8 Å². The number of phenols is 1. The Hall–Kier alpha value is -4.04. The number of fused-ring (bicyclic) bond motifs is 1. The molecule has 0 unspecified atom stereocenters. The Labute approximate surface area is 224 Å². The number of hydrogen-bond donors (Lipinski definition) is 2. The zero-order valence-corrected chi connectivity index (χ0v) is 22.5. The van der Waals surface area contributed by atoms with Crippen LogP contribution in [-0.2, 0) is 25.4 Å².